The van der Waals surface area contributed by atoms with Crippen molar-refractivity contribution in [2.24, 2.45) is 17.8 Å². The minimum atomic E-state index is -1.12. The summed E-state index contributed by atoms with van der Waals surface area (Å²) in [5.41, 5.74) is -0.945. The maximum atomic E-state index is 12.9. The fourth-order valence-electron chi connectivity index (χ4n) is 5.57. The van der Waals surface area contributed by atoms with Crippen molar-refractivity contribution in [2.75, 3.05) is 0 Å². The number of rotatable bonds is 12. The van der Waals surface area contributed by atoms with E-state index in [0.29, 0.717) is 12.0 Å². The summed E-state index contributed by atoms with van der Waals surface area (Å²) in [7, 11) is 0. The minimum Gasteiger partial charge on any atom is -0.359 e. The molecule has 0 aromatic heterocycles. The number of halogens is 1. The summed E-state index contributed by atoms with van der Waals surface area (Å²) in [6.45, 7) is 15.0. The van der Waals surface area contributed by atoms with Crippen LogP contribution in [0.1, 0.15) is 119 Å². The molecule has 1 fully saturated rings. The Hall–Kier alpha value is -0.480. The number of carbonyl (C=O) groups excluding carboxylic acids is 2. The number of ketones is 2. The molecule has 0 amide bonds. The monoisotopic (exact) mass is 510 g/mol. The van der Waals surface area contributed by atoms with Crippen LogP contribution in [-0.4, -0.2) is 27.1 Å². The zero-order valence-corrected chi connectivity index (χ0v) is 23.3. The lowest BCUT2D eigenvalue weighted by molar-refractivity contribution is -0.196. The molecule has 32 heavy (non-hydrogen) atoms. The van der Waals surface area contributed by atoms with Crippen molar-refractivity contribution in [1.29, 1.82) is 0 Å². The highest BCUT2D eigenvalue weighted by atomic mass is 79.9. The Morgan fingerprint density at radius 2 is 1.44 bits per heavy atom. The smallest absolute Gasteiger partial charge is 0.189 e. The summed E-state index contributed by atoms with van der Waals surface area (Å²) < 4.78 is 5.56. The number of Topliss-reactive ketones (excluding diaryl/α,β-unsaturated/α-hetero) is 1. The third-order valence-electron chi connectivity index (χ3n) is 8.02. The van der Waals surface area contributed by atoms with Crippen molar-refractivity contribution in [2.45, 2.75) is 135 Å². The molecule has 4 heteroatoms. The van der Waals surface area contributed by atoms with E-state index >= 15 is 0 Å². The van der Waals surface area contributed by atoms with Crippen molar-refractivity contribution < 1.29 is 14.3 Å². The summed E-state index contributed by atoms with van der Waals surface area (Å²) in [5, 5.41) is 0. The van der Waals surface area contributed by atoms with Crippen LogP contribution in [-0.2, 0) is 14.3 Å². The highest BCUT2D eigenvalue weighted by molar-refractivity contribution is 9.10. The van der Waals surface area contributed by atoms with Gasteiger partial charge in [0.05, 0.1) is 5.60 Å². The summed E-state index contributed by atoms with van der Waals surface area (Å²) in [4.78, 5) is 25.7. The van der Waals surface area contributed by atoms with E-state index in [1.165, 1.54) is 51.0 Å². The molecule has 184 valence electrons. The SMILES string of the molecule is CC1=CC(=O)C2(C)OC(C)(CCC[C@H](C)CCC[C@H](C)CCCC(C)C)CCC2(Br)C1=O. The lowest BCUT2D eigenvalue weighted by Crippen LogP contribution is -2.67. The van der Waals surface area contributed by atoms with E-state index in [4.69, 9.17) is 4.74 Å². The molecule has 1 saturated heterocycles. The first-order valence-electron chi connectivity index (χ1n) is 13.0. The largest absolute Gasteiger partial charge is 0.359 e. The zero-order chi connectivity index (χ0) is 24.2. The molecule has 0 radical (unpaired) electrons. The lowest BCUT2D eigenvalue weighted by atomic mass is 9.68. The molecule has 0 aromatic rings. The van der Waals surface area contributed by atoms with Gasteiger partial charge < -0.3 is 4.74 Å². The maximum absolute atomic E-state index is 12.9. The van der Waals surface area contributed by atoms with Gasteiger partial charge in [-0.05, 0) is 69.4 Å². The highest BCUT2D eigenvalue weighted by Crippen LogP contribution is 2.52. The van der Waals surface area contributed by atoms with Crippen molar-refractivity contribution in [3.05, 3.63) is 11.6 Å². The second-order valence-corrected chi connectivity index (χ2v) is 13.1. The Morgan fingerprint density at radius 3 is 2.00 bits per heavy atom. The minimum absolute atomic E-state index is 0.00583. The van der Waals surface area contributed by atoms with Gasteiger partial charge in [-0.2, -0.15) is 0 Å². The second kappa shape index (κ2) is 11.3. The molecular formula is C28H47BrO3. The Bertz CT molecular complexity index is 699. The fourth-order valence-corrected chi connectivity index (χ4v) is 6.35. The molecule has 0 saturated carbocycles. The van der Waals surface area contributed by atoms with Crippen molar-refractivity contribution in [3.8, 4) is 0 Å². The molecule has 3 nitrogen and oxygen atoms in total. The van der Waals surface area contributed by atoms with E-state index in [2.05, 4.69) is 50.5 Å². The van der Waals surface area contributed by atoms with Crippen LogP contribution in [0.15, 0.2) is 11.6 Å². The first kappa shape index (κ1) is 27.8. The zero-order valence-electron chi connectivity index (χ0n) is 21.7. The van der Waals surface area contributed by atoms with Gasteiger partial charge in [0.25, 0.3) is 0 Å². The van der Waals surface area contributed by atoms with Crippen LogP contribution in [0.3, 0.4) is 0 Å². The lowest BCUT2D eigenvalue weighted by Gasteiger charge is -2.54. The van der Waals surface area contributed by atoms with Gasteiger partial charge in [0.1, 0.15) is 4.32 Å². The van der Waals surface area contributed by atoms with Gasteiger partial charge in [0, 0.05) is 0 Å². The number of alkyl halides is 1. The van der Waals surface area contributed by atoms with E-state index in [-0.39, 0.29) is 17.2 Å². The standard InChI is InChI=1S/C28H47BrO3/c1-20(2)11-8-12-21(3)13-9-14-22(4)15-10-16-26(6)17-18-28(29)25(31)23(5)19-24(30)27(28,7)32-26/h19-22H,8-18H2,1-7H3/t21-,22-,26?,27?,28?/m1/s1. The molecule has 2 aliphatic rings. The summed E-state index contributed by atoms with van der Waals surface area (Å²) in [6.07, 6.45) is 14.2. The molecule has 3 unspecified atom stereocenters. The fraction of sp³-hybridized carbons (Fsp3) is 0.857. The summed E-state index contributed by atoms with van der Waals surface area (Å²) in [6, 6.07) is 0. The van der Waals surface area contributed by atoms with Gasteiger partial charge in [-0.15, -0.1) is 0 Å². The Balaban J connectivity index is 1.76. The predicted octanol–water partition coefficient (Wildman–Crippen LogP) is 7.99. The molecule has 0 N–H and O–H groups in total. The summed E-state index contributed by atoms with van der Waals surface area (Å²) in [5.74, 6) is 2.29. The van der Waals surface area contributed by atoms with Crippen LogP contribution in [0.25, 0.3) is 0 Å². The van der Waals surface area contributed by atoms with E-state index in [1.54, 1.807) is 13.8 Å². The van der Waals surface area contributed by atoms with E-state index in [9.17, 15) is 9.59 Å². The van der Waals surface area contributed by atoms with Gasteiger partial charge in [0.15, 0.2) is 17.2 Å². The van der Waals surface area contributed by atoms with Gasteiger partial charge in [0.2, 0.25) is 0 Å². The number of ether oxygens (including phenoxy) is 1. The van der Waals surface area contributed by atoms with Gasteiger partial charge in [-0.3, -0.25) is 9.59 Å². The Kier molecular flexibility index (Phi) is 9.80. The molecule has 0 bridgehead atoms. The van der Waals surface area contributed by atoms with Crippen molar-refractivity contribution in [1.82, 2.24) is 0 Å². The Morgan fingerprint density at radius 1 is 0.906 bits per heavy atom. The van der Waals surface area contributed by atoms with Crippen molar-refractivity contribution in [3.63, 3.8) is 0 Å². The van der Waals surface area contributed by atoms with Gasteiger partial charge in [-0.25, -0.2) is 0 Å². The molecule has 1 aliphatic carbocycles. The van der Waals surface area contributed by atoms with Crippen LogP contribution in [0.4, 0.5) is 0 Å². The first-order chi connectivity index (χ1) is 14.8. The van der Waals surface area contributed by atoms with E-state index in [1.807, 2.05) is 0 Å². The summed E-state index contributed by atoms with van der Waals surface area (Å²) >= 11 is 3.64. The number of allylic oxidation sites excluding steroid dienone is 1. The van der Waals surface area contributed by atoms with Crippen molar-refractivity contribution >= 4 is 27.5 Å². The second-order valence-electron chi connectivity index (χ2n) is 11.8. The number of fused-ring (bicyclic) bond motifs is 1. The normalized spacial score (nSPS) is 32.6. The third-order valence-corrected chi connectivity index (χ3v) is 9.53. The van der Waals surface area contributed by atoms with Crippen LogP contribution in [0, 0.1) is 17.8 Å². The topological polar surface area (TPSA) is 43.4 Å². The average Bonchev–Trinajstić information content (AvgIpc) is 2.69. The van der Waals surface area contributed by atoms with E-state index in [0.717, 1.165) is 37.0 Å². The number of hydrogen-bond acceptors (Lipinski definition) is 3. The number of hydrogen-bond donors (Lipinski definition) is 0. The van der Waals surface area contributed by atoms with E-state index < -0.39 is 9.93 Å². The Labute approximate surface area is 205 Å². The first-order valence-corrected chi connectivity index (χ1v) is 13.8. The average molecular weight is 512 g/mol. The van der Waals surface area contributed by atoms with Crippen LogP contribution >= 0.6 is 15.9 Å². The molecule has 0 spiro atoms. The molecular weight excluding hydrogens is 464 g/mol. The maximum Gasteiger partial charge on any atom is 0.189 e. The van der Waals surface area contributed by atoms with Crippen LogP contribution in [0.2, 0.25) is 0 Å². The van der Waals surface area contributed by atoms with Crippen LogP contribution in [0.5, 0.6) is 0 Å². The molecule has 1 aliphatic heterocycles. The van der Waals surface area contributed by atoms with Crippen LogP contribution < -0.4 is 0 Å². The van der Waals surface area contributed by atoms with Gasteiger partial charge in [-0.1, -0.05) is 95.0 Å². The number of carbonyl (C=O) groups is 2. The molecule has 0 aromatic carbocycles. The molecule has 5 atom stereocenters. The van der Waals surface area contributed by atoms with Gasteiger partial charge >= 0.3 is 0 Å². The predicted molar refractivity (Wildman–Crippen MR) is 137 cm³/mol. The molecule has 1 heterocycles. The third kappa shape index (κ3) is 6.56. The molecule has 2 rings (SSSR count). The quantitative estimate of drug-likeness (QED) is 0.250. The highest BCUT2D eigenvalue weighted by Gasteiger charge is 2.63.